The lowest BCUT2D eigenvalue weighted by atomic mass is 10.1. The molecule has 10 heteroatoms. The minimum Gasteiger partial charge on any atom is -0.305 e. The monoisotopic (exact) mass is 346 g/mol. The van der Waals surface area contributed by atoms with Gasteiger partial charge < -0.3 is 5.32 Å². The molecule has 4 aromatic rings. The molecular weight excluding hydrogens is 337 g/mol. The number of benzene rings is 1. The molecular formula is C15H9F3N6O. The number of aromatic nitrogens is 5. The van der Waals surface area contributed by atoms with Crippen LogP contribution in [0.4, 0.5) is 19.0 Å². The Hall–Kier alpha value is -3.43. The van der Waals surface area contributed by atoms with E-state index in [-0.39, 0.29) is 11.3 Å². The van der Waals surface area contributed by atoms with Gasteiger partial charge >= 0.3 is 6.18 Å². The third kappa shape index (κ3) is 2.67. The molecule has 126 valence electrons. The summed E-state index contributed by atoms with van der Waals surface area (Å²) in [4.78, 5) is 16.3. The number of alkyl halides is 3. The molecule has 0 atom stereocenters. The van der Waals surface area contributed by atoms with Crippen molar-refractivity contribution in [3.63, 3.8) is 0 Å². The maximum absolute atomic E-state index is 12.7. The minimum atomic E-state index is -4.45. The van der Waals surface area contributed by atoms with Crippen molar-refractivity contribution in [3.05, 3.63) is 54.0 Å². The van der Waals surface area contributed by atoms with Gasteiger partial charge in [-0.2, -0.15) is 23.4 Å². The summed E-state index contributed by atoms with van der Waals surface area (Å²) in [6, 6.07) is 6.24. The number of halogens is 3. The summed E-state index contributed by atoms with van der Waals surface area (Å²) in [5.74, 6) is -0.311. The summed E-state index contributed by atoms with van der Waals surface area (Å²) in [7, 11) is 0. The van der Waals surface area contributed by atoms with E-state index in [1.54, 1.807) is 18.3 Å². The molecule has 0 fully saturated rings. The Balaban J connectivity index is 1.64. The van der Waals surface area contributed by atoms with E-state index in [0.29, 0.717) is 16.6 Å². The maximum Gasteiger partial charge on any atom is 0.416 e. The van der Waals surface area contributed by atoms with Crippen LogP contribution in [0.25, 0.3) is 16.6 Å². The zero-order chi connectivity index (χ0) is 17.6. The van der Waals surface area contributed by atoms with Crippen LogP contribution in [0, 0.1) is 0 Å². The van der Waals surface area contributed by atoms with Crippen LogP contribution in [-0.4, -0.2) is 30.7 Å². The van der Waals surface area contributed by atoms with Crippen molar-refractivity contribution in [2.24, 2.45) is 0 Å². The van der Waals surface area contributed by atoms with Gasteiger partial charge in [-0.05, 0) is 30.3 Å². The molecule has 25 heavy (non-hydrogen) atoms. The number of carbonyl (C=O) groups excluding carboxylic acids is 1. The zero-order valence-electron chi connectivity index (χ0n) is 12.4. The predicted octanol–water partition coefficient (Wildman–Crippen LogP) is 2.88. The van der Waals surface area contributed by atoms with E-state index in [9.17, 15) is 18.0 Å². The van der Waals surface area contributed by atoms with Crippen molar-refractivity contribution in [2.75, 3.05) is 5.32 Å². The topological polar surface area (TPSA) is 88.0 Å². The second-order valence-corrected chi connectivity index (χ2v) is 5.26. The third-order valence-electron chi connectivity index (χ3n) is 3.66. The molecule has 2 N–H and O–H groups in total. The molecule has 0 aliphatic heterocycles. The first-order valence-electron chi connectivity index (χ1n) is 7.08. The van der Waals surface area contributed by atoms with Crippen LogP contribution >= 0.6 is 0 Å². The number of nitrogens with one attached hydrogen (secondary N) is 2. The number of H-pyrrole nitrogens is 1. The average Bonchev–Trinajstić information content (AvgIpc) is 3.19. The Kier molecular flexibility index (Phi) is 3.20. The van der Waals surface area contributed by atoms with Crippen molar-refractivity contribution in [1.29, 1.82) is 0 Å². The number of anilines is 1. The van der Waals surface area contributed by atoms with Gasteiger partial charge in [0.15, 0.2) is 11.5 Å². The molecule has 4 rings (SSSR count). The molecule has 7 nitrogen and oxygen atoms in total. The van der Waals surface area contributed by atoms with E-state index >= 15 is 0 Å². The van der Waals surface area contributed by atoms with Crippen LogP contribution in [0.1, 0.15) is 15.9 Å². The lowest BCUT2D eigenvalue weighted by Crippen LogP contribution is -2.13. The molecule has 0 aliphatic carbocycles. The molecule has 0 spiro atoms. The van der Waals surface area contributed by atoms with Gasteiger partial charge in [0.1, 0.15) is 6.33 Å². The summed E-state index contributed by atoms with van der Waals surface area (Å²) < 4.78 is 39.7. The first kappa shape index (κ1) is 15.1. The molecule has 0 radical (unpaired) electrons. The number of amides is 1. The molecule has 0 unspecified atom stereocenters. The largest absolute Gasteiger partial charge is 0.416 e. The highest BCUT2D eigenvalue weighted by atomic mass is 19.4. The summed E-state index contributed by atoms with van der Waals surface area (Å²) in [6.45, 7) is 0. The van der Waals surface area contributed by atoms with E-state index in [1.807, 2.05) is 0 Å². The second-order valence-electron chi connectivity index (χ2n) is 5.26. The summed E-state index contributed by atoms with van der Waals surface area (Å²) in [5.41, 5.74) is 0.203. The fourth-order valence-electron chi connectivity index (χ4n) is 2.43. The van der Waals surface area contributed by atoms with Crippen LogP contribution in [0.2, 0.25) is 0 Å². The fraction of sp³-hybridized carbons (Fsp3) is 0.0667. The predicted molar refractivity (Wildman–Crippen MR) is 82.0 cm³/mol. The molecule has 3 heterocycles. The van der Waals surface area contributed by atoms with E-state index in [1.165, 1.54) is 16.9 Å². The van der Waals surface area contributed by atoms with Gasteiger partial charge in [-0.15, -0.1) is 0 Å². The molecule has 1 aromatic carbocycles. The van der Waals surface area contributed by atoms with Gasteiger partial charge in [0.05, 0.1) is 11.1 Å². The van der Waals surface area contributed by atoms with Gasteiger partial charge in [-0.3, -0.25) is 9.89 Å². The number of aromatic amines is 1. The minimum absolute atomic E-state index is 0.148. The average molecular weight is 346 g/mol. The molecule has 0 saturated carbocycles. The van der Waals surface area contributed by atoms with E-state index in [4.69, 9.17) is 0 Å². The van der Waals surface area contributed by atoms with Crippen LogP contribution in [0.15, 0.2) is 42.9 Å². The number of nitrogens with zero attached hydrogens (tertiary/aromatic N) is 4. The highest BCUT2D eigenvalue weighted by molar-refractivity contribution is 6.08. The van der Waals surface area contributed by atoms with Crippen molar-refractivity contribution < 1.29 is 18.0 Å². The molecule has 1 amide bonds. The number of carbonyl (C=O) groups is 1. The van der Waals surface area contributed by atoms with Crippen molar-refractivity contribution in [3.8, 4) is 0 Å². The standard InChI is InChI=1S/C15H9F3N6O/c16-15(17,18)9-1-2-10-11(6-9)22-23-13(10)21-14(25)8-3-4-24-12(5-8)19-7-20-24/h1-7H,(H2,21,22,23,25). The third-order valence-corrected chi connectivity index (χ3v) is 3.66. The Bertz CT molecular complexity index is 1100. The number of hydrogen-bond donors (Lipinski definition) is 2. The highest BCUT2D eigenvalue weighted by Crippen LogP contribution is 2.32. The SMILES string of the molecule is O=C(Nc1n[nH]c2cc(C(F)(F)F)ccc12)c1ccn2ncnc2c1. The first-order chi connectivity index (χ1) is 11.9. The Morgan fingerprint density at radius 3 is 2.84 bits per heavy atom. The fourth-order valence-corrected chi connectivity index (χ4v) is 2.43. The van der Waals surface area contributed by atoms with E-state index in [0.717, 1.165) is 12.1 Å². The second kappa shape index (κ2) is 5.30. The number of fused-ring (bicyclic) bond motifs is 2. The zero-order valence-corrected chi connectivity index (χ0v) is 12.4. The number of pyridine rings is 1. The Morgan fingerprint density at radius 1 is 1.20 bits per heavy atom. The van der Waals surface area contributed by atoms with Crippen LogP contribution in [-0.2, 0) is 6.18 Å². The summed E-state index contributed by atoms with van der Waals surface area (Å²) in [6.07, 6.45) is -1.51. The highest BCUT2D eigenvalue weighted by Gasteiger charge is 2.30. The van der Waals surface area contributed by atoms with Gasteiger partial charge in [0.2, 0.25) is 0 Å². The van der Waals surface area contributed by atoms with Crippen molar-refractivity contribution in [2.45, 2.75) is 6.18 Å². The molecule has 3 aromatic heterocycles. The quantitative estimate of drug-likeness (QED) is 0.584. The summed E-state index contributed by atoms with van der Waals surface area (Å²) >= 11 is 0. The lowest BCUT2D eigenvalue weighted by Gasteiger charge is -2.06. The van der Waals surface area contributed by atoms with Gasteiger partial charge in [0, 0.05) is 17.1 Å². The van der Waals surface area contributed by atoms with E-state index in [2.05, 4.69) is 25.6 Å². The van der Waals surface area contributed by atoms with Crippen molar-refractivity contribution in [1.82, 2.24) is 24.8 Å². The van der Waals surface area contributed by atoms with Crippen LogP contribution in [0.5, 0.6) is 0 Å². The molecule has 0 aliphatic rings. The van der Waals surface area contributed by atoms with E-state index < -0.39 is 17.6 Å². The number of rotatable bonds is 2. The first-order valence-corrected chi connectivity index (χ1v) is 7.08. The maximum atomic E-state index is 12.7. The normalized spacial score (nSPS) is 12.0. The van der Waals surface area contributed by atoms with Crippen LogP contribution in [0.3, 0.4) is 0 Å². The van der Waals surface area contributed by atoms with Crippen LogP contribution < -0.4 is 5.32 Å². The van der Waals surface area contributed by atoms with Crippen molar-refractivity contribution >= 4 is 28.3 Å². The molecule has 0 saturated heterocycles. The summed E-state index contributed by atoms with van der Waals surface area (Å²) in [5, 5.41) is 13.3. The lowest BCUT2D eigenvalue weighted by molar-refractivity contribution is -0.137. The Labute approximate surface area is 137 Å². The van der Waals surface area contributed by atoms with Gasteiger partial charge in [-0.25, -0.2) is 9.50 Å². The molecule has 0 bridgehead atoms. The smallest absolute Gasteiger partial charge is 0.305 e. The van der Waals surface area contributed by atoms with Gasteiger partial charge in [-0.1, -0.05) is 0 Å². The Morgan fingerprint density at radius 2 is 2.04 bits per heavy atom. The number of hydrogen-bond acceptors (Lipinski definition) is 4. The van der Waals surface area contributed by atoms with Gasteiger partial charge in [0.25, 0.3) is 5.91 Å².